The average Bonchev–Trinajstić information content (AvgIpc) is 2.61. The third-order valence-electron chi connectivity index (χ3n) is 4.28. The van der Waals surface area contributed by atoms with Crippen LogP contribution in [0.15, 0.2) is 48.8 Å². The number of rotatable bonds is 6. The quantitative estimate of drug-likeness (QED) is 0.872. The number of nitrogens with one attached hydrogen (secondary N) is 1. The fraction of sp³-hybridized carbons (Fsp3) is 0.421. The summed E-state index contributed by atoms with van der Waals surface area (Å²) in [5.74, 6) is 0.967. The Kier molecular flexibility index (Phi) is 5.43. The highest BCUT2D eigenvalue weighted by atomic mass is 16.5. The Labute approximate surface area is 132 Å². The maximum Gasteiger partial charge on any atom is 0.124 e. The van der Waals surface area contributed by atoms with Crippen LogP contribution in [0.5, 0.6) is 5.75 Å². The van der Waals surface area contributed by atoms with Crippen molar-refractivity contribution in [2.75, 3.05) is 0 Å². The zero-order chi connectivity index (χ0) is 15.0. The molecule has 0 bridgehead atoms. The van der Waals surface area contributed by atoms with Gasteiger partial charge in [-0.25, -0.2) is 0 Å². The molecule has 1 aromatic carbocycles. The van der Waals surface area contributed by atoms with Gasteiger partial charge >= 0.3 is 0 Å². The smallest absolute Gasteiger partial charge is 0.124 e. The molecule has 0 spiro atoms. The van der Waals surface area contributed by atoms with Crippen LogP contribution in [0.2, 0.25) is 0 Å². The van der Waals surface area contributed by atoms with Crippen LogP contribution in [-0.4, -0.2) is 11.0 Å². The zero-order valence-electron chi connectivity index (χ0n) is 13.0. The van der Waals surface area contributed by atoms with Crippen LogP contribution in [0.4, 0.5) is 0 Å². The van der Waals surface area contributed by atoms with Gasteiger partial charge in [0.1, 0.15) is 12.4 Å². The van der Waals surface area contributed by atoms with Crippen molar-refractivity contribution in [2.45, 2.75) is 51.3 Å². The van der Waals surface area contributed by atoms with Crippen molar-refractivity contribution in [3.63, 3.8) is 0 Å². The van der Waals surface area contributed by atoms with Crippen LogP contribution < -0.4 is 10.1 Å². The molecule has 0 atom stereocenters. The van der Waals surface area contributed by atoms with Crippen LogP contribution in [0.1, 0.15) is 43.2 Å². The summed E-state index contributed by atoms with van der Waals surface area (Å²) in [7, 11) is 0. The highest BCUT2D eigenvalue weighted by molar-refractivity contribution is 5.33. The van der Waals surface area contributed by atoms with Gasteiger partial charge in [-0.2, -0.15) is 0 Å². The fourth-order valence-electron chi connectivity index (χ4n) is 3.00. The molecule has 1 aliphatic rings. The van der Waals surface area contributed by atoms with Gasteiger partial charge in [0.25, 0.3) is 0 Å². The Bertz CT molecular complexity index is 565. The van der Waals surface area contributed by atoms with Crippen LogP contribution in [0.3, 0.4) is 0 Å². The summed E-state index contributed by atoms with van der Waals surface area (Å²) in [6.45, 7) is 1.45. The second-order valence-corrected chi connectivity index (χ2v) is 5.97. The van der Waals surface area contributed by atoms with E-state index in [0.717, 1.165) is 17.9 Å². The van der Waals surface area contributed by atoms with Crippen LogP contribution in [0.25, 0.3) is 0 Å². The van der Waals surface area contributed by atoms with E-state index >= 15 is 0 Å². The SMILES string of the molecule is c1cncc(COc2ccccc2CNC2CCCCC2)c1. The molecule has 1 saturated carbocycles. The lowest BCUT2D eigenvalue weighted by Gasteiger charge is -2.23. The van der Waals surface area contributed by atoms with E-state index in [1.165, 1.54) is 37.7 Å². The molecule has 0 saturated heterocycles. The minimum absolute atomic E-state index is 0.564. The van der Waals surface area contributed by atoms with Crippen molar-refractivity contribution in [2.24, 2.45) is 0 Å². The molecule has 0 unspecified atom stereocenters. The normalized spacial score (nSPS) is 15.6. The Morgan fingerprint density at radius 3 is 2.73 bits per heavy atom. The first-order valence-electron chi connectivity index (χ1n) is 8.25. The van der Waals surface area contributed by atoms with E-state index in [-0.39, 0.29) is 0 Å². The van der Waals surface area contributed by atoms with Crippen molar-refractivity contribution in [1.82, 2.24) is 10.3 Å². The third kappa shape index (κ3) is 4.31. The molecule has 22 heavy (non-hydrogen) atoms. The number of aromatic nitrogens is 1. The lowest BCUT2D eigenvalue weighted by molar-refractivity contribution is 0.299. The van der Waals surface area contributed by atoms with Gasteiger partial charge in [0.15, 0.2) is 0 Å². The van der Waals surface area contributed by atoms with Gasteiger partial charge in [-0.1, -0.05) is 43.5 Å². The van der Waals surface area contributed by atoms with E-state index in [4.69, 9.17) is 4.74 Å². The maximum atomic E-state index is 5.98. The molecule has 1 aromatic heterocycles. The lowest BCUT2D eigenvalue weighted by Crippen LogP contribution is -2.30. The fourth-order valence-corrected chi connectivity index (χ4v) is 3.00. The summed E-state index contributed by atoms with van der Waals surface area (Å²) in [6.07, 6.45) is 10.3. The minimum atomic E-state index is 0.564. The molecule has 1 aliphatic carbocycles. The topological polar surface area (TPSA) is 34.1 Å². The molecular weight excluding hydrogens is 272 g/mol. The second-order valence-electron chi connectivity index (χ2n) is 5.97. The number of hydrogen-bond acceptors (Lipinski definition) is 3. The monoisotopic (exact) mass is 296 g/mol. The minimum Gasteiger partial charge on any atom is -0.489 e. The van der Waals surface area contributed by atoms with E-state index in [9.17, 15) is 0 Å². The number of nitrogens with zero attached hydrogens (tertiary/aromatic N) is 1. The van der Waals surface area contributed by atoms with Gasteiger partial charge in [0.05, 0.1) is 0 Å². The number of ether oxygens (including phenoxy) is 1. The molecule has 3 rings (SSSR count). The molecule has 3 nitrogen and oxygen atoms in total. The first kappa shape index (κ1) is 15.0. The molecule has 0 amide bonds. The number of pyridine rings is 1. The summed E-state index contributed by atoms with van der Waals surface area (Å²) < 4.78 is 5.98. The molecule has 116 valence electrons. The number of para-hydroxylation sites is 1. The van der Waals surface area contributed by atoms with Gasteiger partial charge in [0, 0.05) is 36.1 Å². The molecule has 1 heterocycles. The maximum absolute atomic E-state index is 5.98. The summed E-state index contributed by atoms with van der Waals surface area (Å²) in [4.78, 5) is 4.12. The highest BCUT2D eigenvalue weighted by Crippen LogP contribution is 2.21. The predicted molar refractivity (Wildman–Crippen MR) is 88.7 cm³/mol. The van der Waals surface area contributed by atoms with Crippen molar-refractivity contribution < 1.29 is 4.74 Å². The van der Waals surface area contributed by atoms with E-state index < -0.39 is 0 Å². The Morgan fingerprint density at radius 2 is 1.91 bits per heavy atom. The number of benzene rings is 1. The average molecular weight is 296 g/mol. The van der Waals surface area contributed by atoms with Crippen molar-refractivity contribution in [1.29, 1.82) is 0 Å². The lowest BCUT2D eigenvalue weighted by atomic mass is 9.95. The van der Waals surface area contributed by atoms with Gasteiger partial charge in [-0.15, -0.1) is 0 Å². The van der Waals surface area contributed by atoms with E-state index in [1.807, 2.05) is 30.5 Å². The van der Waals surface area contributed by atoms with Crippen molar-refractivity contribution in [3.05, 3.63) is 59.9 Å². The van der Waals surface area contributed by atoms with Crippen molar-refractivity contribution in [3.8, 4) is 5.75 Å². The van der Waals surface area contributed by atoms with Gasteiger partial charge in [-0.3, -0.25) is 4.98 Å². The first-order valence-corrected chi connectivity index (χ1v) is 8.25. The summed E-state index contributed by atoms with van der Waals surface area (Å²) in [5, 5.41) is 3.68. The van der Waals surface area contributed by atoms with Gasteiger partial charge in [0.2, 0.25) is 0 Å². The Balaban J connectivity index is 1.57. The van der Waals surface area contributed by atoms with Gasteiger partial charge < -0.3 is 10.1 Å². The molecule has 2 aromatic rings. The Morgan fingerprint density at radius 1 is 1.05 bits per heavy atom. The van der Waals surface area contributed by atoms with E-state index in [2.05, 4.69) is 22.4 Å². The molecule has 0 aliphatic heterocycles. The van der Waals surface area contributed by atoms with Crippen LogP contribution in [-0.2, 0) is 13.2 Å². The standard InChI is InChI=1S/C19H24N2O/c1-2-9-18(10-3-1)21-14-17-8-4-5-11-19(17)22-15-16-7-6-12-20-13-16/h4-8,11-13,18,21H,1-3,9-10,14-15H2. The molecule has 3 heteroatoms. The summed E-state index contributed by atoms with van der Waals surface area (Å²) in [6, 6.07) is 12.9. The van der Waals surface area contributed by atoms with E-state index in [0.29, 0.717) is 12.6 Å². The highest BCUT2D eigenvalue weighted by Gasteiger charge is 2.13. The molecular formula is C19H24N2O. The molecule has 1 fully saturated rings. The van der Waals surface area contributed by atoms with Gasteiger partial charge in [-0.05, 0) is 25.0 Å². The largest absolute Gasteiger partial charge is 0.489 e. The number of hydrogen-bond donors (Lipinski definition) is 1. The summed E-state index contributed by atoms with van der Waals surface area (Å²) >= 11 is 0. The van der Waals surface area contributed by atoms with Crippen molar-refractivity contribution >= 4 is 0 Å². The summed E-state index contributed by atoms with van der Waals surface area (Å²) in [5.41, 5.74) is 2.33. The third-order valence-corrected chi connectivity index (χ3v) is 4.28. The van der Waals surface area contributed by atoms with Crippen LogP contribution >= 0.6 is 0 Å². The van der Waals surface area contributed by atoms with Crippen LogP contribution in [0, 0.1) is 0 Å². The van der Waals surface area contributed by atoms with E-state index in [1.54, 1.807) is 6.20 Å². The molecule has 1 N–H and O–H groups in total. The zero-order valence-corrected chi connectivity index (χ0v) is 13.0. The predicted octanol–water partition coefficient (Wildman–Crippen LogP) is 4.08. The first-order chi connectivity index (χ1) is 10.9. The Hall–Kier alpha value is -1.87. The molecule has 0 radical (unpaired) electrons. The second kappa shape index (κ2) is 7.95.